The fraction of sp³-hybridized carbons (Fsp3) is 0.111. The molecular formula is C18H16ClNO2. The fourth-order valence-electron chi connectivity index (χ4n) is 2.14. The second kappa shape index (κ2) is 6.16. The standard InChI is InChI=1S/C18H16ClNO2/c1-12-2-3-13(10-17(12)19)18-9-8-16(22-18)11-20-14-4-6-15(21)7-5-14/h2-10,20-21H,11H2,1H3. The van der Waals surface area contributed by atoms with Gasteiger partial charge in [0, 0.05) is 16.3 Å². The van der Waals surface area contributed by atoms with Crippen molar-refractivity contribution < 1.29 is 9.52 Å². The molecule has 0 saturated heterocycles. The van der Waals surface area contributed by atoms with Gasteiger partial charge in [0.2, 0.25) is 0 Å². The van der Waals surface area contributed by atoms with E-state index < -0.39 is 0 Å². The third-order valence-electron chi connectivity index (χ3n) is 3.45. The number of hydrogen-bond acceptors (Lipinski definition) is 3. The Hall–Kier alpha value is -2.39. The molecule has 0 amide bonds. The number of phenolic OH excluding ortho intramolecular Hbond substituents is 1. The molecule has 0 radical (unpaired) electrons. The van der Waals surface area contributed by atoms with Crippen LogP contribution in [0.5, 0.6) is 5.75 Å². The molecule has 0 aliphatic carbocycles. The molecule has 0 saturated carbocycles. The van der Waals surface area contributed by atoms with Gasteiger partial charge in [0.05, 0.1) is 6.54 Å². The first kappa shape index (κ1) is 14.5. The Balaban J connectivity index is 1.70. The Morgan fingerprint density at radius 1 is 1.05 bits per heavy atom. The van der Waals surface area contributed by atoms with Gasteiger partial charge >= 0.3 is 0 Å². The van der Waals surface area contributed by atoms with Crippen LogP contribution in [-0.4, -0.2) is 5.11 Å². The minimum atomic E-state index is 0.252. The van der Waals surface area contributed by atoms with Crippen molar-refractivity contribution in [1.29, 1.82) is 0 Å². The molecular weight excluding hydrogens is 298 g/mol. The van der Waals surface area contributed by atoms with Gasteiger partial charge in [0.1, 0.15) is 17.3 Å². The monoisotopic (exact) mass is 313 g/mol. The molecule has 2 aromatic carbocycles. The van der Waals surface area contributed by atoms with Crippen molar-refractivity contribution in [2.45, 2.75) is 13.5 Å². The van der Waals surface area contributed by atoms with Crippen LogP contribution >= 0.6 is 11.6 Å². The van der Waals surface area contributed by atoms with E-state index in [1.807, 2.05) is 49.4 Å². The maximum absolute atomic E-state index is 9.26. The molecule has 4 heteroatoms. The smallest absolute Gasteiger partial charge is 0.134 e. The SMILES string of the molecule is Cc1ccc(-c2ccc(CNc3ccc(O)cc3)o2)cc1Cl. The minimum Gasteiger partial charge on any atom is -0.508 e. The number of hydrogen-bond donors (Lipinski definition) is 2. The number of aromatic hydroxyl groups is 1. The number of benzene rings is 2. The van der Waals surface area contributed by atoms with Gasteiger partial charge in [-0.1, -0.05) is 23.7 Å². The van der Waals surface area contributed by atoms with Crippen LogP contribution in [0.2, 0.25) is 5.02 Å². The molecule has 1 heterocycles. The maximum Gasteiger partial charge on any atom is 0.134 e. The Labute approximate surface area is 134 Å². The van der Waals surface area contributed by atoms with Crippen LogP contribution in [0.15, 0.2) is 59.0 Å². The maximum atomic E-state index is 9.26. The van der Waals surface area contributed by atoms with Gasteiger partial charge in [-0.15, -0.1) is 0 Å². The van der Waals surface area contributed by atoms with Crippen molar-refractivity contribution in [3.8, 4) is 17.1 Å². The van der Waals surface area contributed by atoms with Crippen LogP contribution in [-0.2, 0) is 6.54 Å². The highest BCUT2D eigenvalue weighted by Crippen LogP contribution is 2.27. The zero-order valence-electron chi connectivity index (χ0n) is 12.1. The molecule has 0 unspecified atom stereocenters. The first-order valence-electron chi connectivity index (χ1n) is 7.00. The molecule has 0 aliphatic heterocycles. The second-order valence-corrected chi connectivity index (χ2v) is 5.54. The molecule has 0 fully saturated rings. The normalized spacial score (nSPS) is 10.6. The third kappa shape index (κ3) is 3.26. The van der Waals surface area contributed by atoms with Gasteiger partial charge in [-0.3, -0.25) is 0 Å². The van der Waals surface area contributed by atoms with E-state index in [0.29, 0.717) is 6.54 Å². The Kier molecular flexibility index (Phi) is 4.07. The predicted octanol–water partition coefficient (Wildman–Crippen LogP) is 5.23. The number of aryl methyl sites for hydroxylation is 1. The molecule has 1 aromatic heterocycles. The lowest BCUT2D eigenvalue weighted by Gasteiger charge is -2.04. The zero-order valence-corrected chi connectivity index (χ0v) is 12.9. The van der Waals surface area contributed by atoms with Crippen molar-refractivity contribution >= 4 is 17.3 Å². The van der Waals surface area contributed by atoms with Gasteiger partial charge in [0.15, 0.2) is 0 Å². The van der Waals surface area contributed by atoms with Crippen molar-refractivity contribution in [3.63, 3.8) is 0 Å². The van der Waals surface area contributed by atoms with E-state index >= 15 is 0 Å². The lowest BCUT2D eigenvalue weighted by Crippen LogP contribution is -1.97. The number of phenols is 1. The van der Waals surface area contributed by atoms with E-state index in [1.54, 1.807) is 12.1 Å². The summed E-state index contributed by atoms with van der Waals surface area (Å²) in [5, 5.41) is 13.2. The molecule has 0 bridgehead atoms. The summed E-state index contributed by atoms with van der Waals surface area (Å²) in [4.78, 5) is 0. The average molecular weight is 314 g/mol. The predicted molar refractivity (Wildman–Crippen MR) is 89.3 cm³/mol. The van der Waals surface area contributed by atoms with Crippen LogP contribution in [0.3, 0.4) is 0 Å². The topological polar surface area (TPSA) is 45.4 Å². The highest BCUT2D eigenvalue weighted by atomic mass is 35.5. The zero-order chi connectivity index (χ0) is 15.5. The van der Waals surface area contributed by atoms with Crippen molar-refractivity contribution in [1.82, 2.24) is 0 Å². The molecule has 0 atom stereocenters. The molecule has 3 rings (SSSR count). The molecule has 3 nitrogen and oxygen atoms in total. The van der Waals surface area contributed by atoms with Crippen LogP contribution < -0.4 is 5.32 Å². The quantitative estimate of drug-likeness (QED) is 0.649. The Bertz CT molecular complexity index is 778. The van der Waals surface area contributed by atoms with Gasteiger partial charge in [0.25, 0.3) is 0 Å². The second-order valence-electron chi connectivity index (χ2n) is 5.13. The first-order valence-corrected chi connectivity index (χ1v) is 7.38. The number of halogens is 1. The van der Waals surface area contributed by atoms with E-state index in [2.05, 4.69) is 5.32 Å². The summed E-state index contributed by atoms with van der Waals surface area (Å²) in [6.07, 6.45) is 0. The lowest BCUT2D eigenvalue weighted by molar-refractivity contribution is 0.475. The van der Waals surface area contributed by atoms with Crippen LogP contribution in [0.1, 0.15) is 11.3 Å². The van der Waals surface area contributed by atoms with Gasteiger partial charge < -0.3 is 14.8 Å². The van der Waals surface area contributed by atoms with E-state index in [9.17, 15) is 5.11 Å². The van der Waals surface area contributed by atoms with E-state index in [-0.39, 0.29) is 5.75 Å². The van der Waals surface area contributed by atoms with E-state index in [0.717, 1.165) is 33.4 Å². The highest BCUT2D eigenvalue weighted by molar-refractivity contribution is 6.31. The largest absolute Gasteiger partial charge is 0.508 e. The molecule has 0 aliphatic rings. The Morgan fingerprint density at radius 2 is 1.82 bits per heavy atom. The summed E-state index contributed by atoms with van der Waals surface area (Å²) in [5.41, 5.74) is 2.94. The summed E-state index contributed by atoms with van der Waals surface area (Å²) in [6.45, 7) is 2.55. The Morgan fingerprint density at radius 3 is 2.55 bits per heavy atom. The van der Waals surface area contributed by atoms with Crippen molar-refractivity contribution in [3.05, 3.63) is 70.9 Å². The summed E-state index contributed by atoms with van der Waals surface area (Å²) in [7, 11) is 0. The first-order chi connectivity index (χ1) is 10.6. The summed E-state index contributed by atoms with van der Waals surface area (Å²) in [6, 6.07) is 16.7. The highest BCUT2D eigenvalue weighted by Gasteiger charge is 2.06. The minimum absolute atomic E-state index is 0.252. The summed E-state index contributed by atoms with van der Waals surface area (Å²) < 4.78 is 5.84. The van der Waals surface area contributed by atoms with Gasteiger partial charge in [-0.2, -0.15) is 0 Å². The molecule has 22 heavy (non-hydrogen) atoms. The lowest BCUT2D eigenvalue weighted by atomic mass is 10.1. The number of rotatable bonds is 4. The van der Waals surface area contributed by atoms with E-state index in [1.165, 1.54) is 0 Å². The van der Waals surface area contributed by atoms with Crippen LogP contribution in [0.25, 0.3) is 11.3 Å². The van der Waals surface area contributed by atoms with Crippen molar-refractivity contribution in [2.24, 2.45) is 0 Å². The van der Waals surface area contributed by atoms with E-state index in [4.69, 9.17) is 16.0 Å². The third-order valence-corrected chi connectivity index (χ3v) is 3.86. The van der Waals surface area contributed by atoms with Crippen LogP contribution in [0, 0.1) is 6.92 Å². The fourth-order valence-corrected chi connectivity index (χ4v) is 2.32. The molecule has 3 aromatic rings. The van der Waals surface area contributed by atoms with Gasteiger partial charge in [-0.25, -0.2) is 0 Å². The molecule has 112 valence electrons. The van der Waals surface area contributed by atoms with Crippen molar-refractivity contribution in [2.75, 3.05) is 5.32 Å². The number of anilines is 1. The summed E-state index contributed by atoms with van der Waals surface area (Å²) in [5.74, 6) is 1.88. The average Bonchev–Trinajstić information content (AvgIpc) is 2.98. The molecule has 2 N–H and O–H groups in total. The van der Waals surface area contributed by atoms with Crippen LogP contribution in [0.4, 0.5) is 5.69 Å². The molecule has 0 spiro atoms. The summed E-state index contributed by atoms with van der Waals surface area (Å²) >= 11 is 6.15. The number of nitrogens with one attached hydrogen (secondary N) is 1. The number of furan rings is 1. The van der Waals surface area contributed by atoms with Gasteiger partial charge in [-0.05, 0) is 55.0 Å².